The summed E-state index contributed by atoms with van der Waals surface area (Å²) in [5.41, 5.74) is 12.6. The zero-order valence-electron chi connectivity index (χ0n) is 33.1. The highest BCUT2D eigenvalue weighted by Crippen LogP contribution is 2.19. The standard InChI is InChI=1S/C44H52N4.C2H6.CH3Br/c1-7-47(8-2)43-23-17-37(18-24-43)15-21-41-27-29-45(31-35(41)5)33-39-11-13-40(14-12-39)34-46-30-28-42(36(6)32-46)22-16-38-19-25-44(26-20-38)48(9-3)10-4;2*1-2/h11-32H,7-10,33-34H2,1-6H3;1-2H3;1H3/q+2;;. The summed E-state index contributed by atoms with van der Waals surface area (Å²) in [7, 11) is 0. The van der Waals surface area contributed by atoms with Crippen LogP contribution in [0.5, 0.6) is 0 Å². The minimum Gasteiger partial charge on any atom is -0.372 e. The number of alkyl halides is 1. The van der Waals surface area contributed by atoms with Gasteiger partial charge in [-0.2, -0.15) is 0 Å². The van der Waals surface area contributed by atoms with Crippen molar-refractivity contribution in [2.75, 3.05) is 41.8 Å². The number of hydrogen-bond acceptors (Lipinski definition) is 2. The summed E-state index contributed by atoms with van der Waals surface area (Å²) in [6.07, 6.45) is 17.7. The van der Waals surface area contributed by atoms with Gasteiger partial charge in [0.05, 0.1) is 0 Å². The Bertz CT molecular complexity index is 1680. The van der Waals surface area contributed by atoms with Crippen LogP contribution >= 0.6 is 15.9 Å². The maximum Gasteiger partial charge on any atom is 0.173 e. The van der Waals surface area contributed by atoms with Gasteiger partial charge in [-0.25, -0.2) is 9.13 Å². The topological polar surface area (TPSA) is 14.2 Å². The molecule has 0 aliphatic carbocycles. The summed E-state index contributed by atoms with van der Waals surface area (Å²) < 4.78 is 4.54. The molecule has 0 fully saturated rings. The van der Waals surface area contributed by atoms with Crippen molar-refractivity contribution in [1.82, 2.24) is 0 Å². The molecule has 0 bridgehead atoms. The first-order valence-electron chi connectivity index (χ1n) is 18.9. The Morgan fingerprint density at radius 1 is 0.481 bits per heavy atom. The van der Waals surface area contributed by atoms with Crippen molar-refractivity contribution in [3.63, 3.8) is 0 Å². The molecule has 0 aliphatic rings. The van der Waals surface area contributed by atoms with E-state index >= 15 is 0 Å². The molecular formula is C47H61BrN4+2. The van der Waals surface area contributed by atoms with E-state index in [-0.39, 0.29) is 0 Å². The van der Waals surface area contributed by atoms with Crippen molar-refractivity contribution in [2.24, 2.45) is 0 Å². The van der Waals surface area contributed by atoms with Gasteiger partial charge in [0.2, 0.25) is 0 Å². The Balaban J connectivity index is 0.00000176. The summed E-state index contributed by atoms with van der Waals surface area (Å²) in [5.74, 6) is 1.81. The van der Waals surface area contributed by atoms with Gasteiger partial charge in [0.25, 0.3) is 0 Å². The van der Waals surface area contributed by atoms with Crippen molar-refractivity contribution >= 4 is 51.6 Å². The summed E-state index contributed by atoms with van der Waals surface area (Å²) in [6.45, 7) is 23.0. The summed E-state index contributed by atoms with van der Waals surface area (Å²) in [6, 6.07) is 31.1. The summed E-state index contributed by atoms with van der Waals surface area (Å²) >= 11 is 2.94. The van der Waals surface area contributed by atoms with E-state index in [4.69, 9.17) is 0 Å². The Kier molecular flexibility index (Phi) is 18.1. The molecule has 0 N–H and O–H groups in total. The van der Waals surface area contributed by atoms with Crippen molar-refractivity contribution < 1.29 is 9.13 Å². The minimum atomic E-state index is 0.851. The molecule has 52 heavy (non-hydrogen) atoms. The lowest BCUT2D eigenvalue weighted by Gasteiger charge is -2.20. The van der Waals surface area contributed by atoms with Gasteiger partial charge in [-0.1, -0.05) is 103 Å². The molecule has 5 aromatic rings. The molecule has 2 heterocycles. The fraction of sp³-hybridized carbons (Fsp3) is 0.319. The number of rotatable bonds is 14. The second-order valence-electron chi connectivity index (χ2n) is 12.5. The van der Waals surface area contributed by atoms with Crippen LogP contribution in [0.1, 0.15) is 86.1 Å². The molecule has 0 spiro atoms. The molecule has 0 atom stereocenters. The second-order valence-corrected chi connectivity index (χ2v) is 12.5. The van der Waals surface area contributed by atoms with Gasteiger partial charge in [0.1, 0.15) is 0 Å². The third kappa shape index (κ3) is 12.3. The number of aromatic nitrogens is 2. The molecule has 0 aliphatic heterocycles. The molecule has 2 aromatic heterocycles. The fourth-order valence-corrected chi connectivity index (χ4v) is 6.23. The number of pyridine rings is 2. The molecule has 0 amide bonds. The van der Waals surface area contributed by atoms with E-state index < -0.39 is 0 Å². The van der Waals surface area contributed by atoms with E-state index in [1.807, 2.05) is 19.7 Å². The Labute approximate surface area is 323 Å². The highest BCUT2D eigenvalue weighted by atomic mass is 79.9. The van der Waals surface area contributed by atoms with Crippen molar-refractivity contribution in [1.29, 1.82) is 0 Å². The van der Waals surface area contributed by atoms with Gasteiger partial charge in [0.15, 0.2) is 37.9 Å². The Morgan fingerprint density at radius 3 is 1.10 bits per heavy atom. The van der Waals surface area contributed by atoms with E-state index in [9.17, 15) is 0 Å². The molecule has 0 saturated heterocycles. The molecular weight excluding hydrogens is 700 g/mol. The third-order valence-electron chi connectivity index (χ3n) is 9.23. The minimum absolute atomic E-state index is 0.851. The highest BCUT2D eigenvalue weighted by Gasteiger charge is 2.10. The average Bonchev–Trinajstić information content (AvgIpc) is 3.18. The SMILES string of the molecule is CBr.CC.CCN(CC)c1ccc(/C=C/c2cc[n+](Cc3ccc(C[n+]4ccc(/C=C/c5ccc(N(CC)CC)cc5)c(C)c4)cc3)cc2C)cc1. The van der Waals surface area contributed by atoms with Gasteiger partial charge < -0.3 is 9.80 Å². The van der Waals surface area contributed by atoms with Gasteiger partial charge in [-0.15, -0.1) is 0 Å². The zero-order valence-corrected chi connectivity index (χ0v) is 34.7. The third-order valence-corrected chi connectivity index (χ3v) is 9.23. The lowest BCUT2D eigenvalue weighted by molar-refractivity contribution is -0.689. The molecule has 0 unspecified atom stereocenters. The van der Waals surface area contributed by atoms with E-state index in [1.165, 1.54) is 55.9 Å². The normalized spacial score (nSPS) is 10.8. The van der Waals surface area contributed by atoms with E-state index in [2.05, 4.69) is 210 Å². The average molecular weight is 762 g/mol. The smallest absolute Gasteiger partial charge is 0.173 e. The van der Waals surface area contributed by atoms with Crippen molar-refractivity contribution in [2.45, 2.75) is 68.5 Å². The number of hydrogen-bond donors (Lipinski definition) is 0. The molecule has 0 radical (unpaired) electrons. The largest absolute Gasteiger partial charge is 0.372 e. The lowest BCUT2D eigenvalue weighted by Crippen LogP contribution is -2.34. The van der Waals surface area contributed by atoms with Crippen LogP contribution in [0, 0.1) is 13.8 Å². The van der Waals surface area contributed by atoms with Gasteiger partial charge >= 0.3 is 0 Å². The van der Waals surface area contributed by atoms with Crippen LogP contribution in [0.2, 0.25) is 0 Å². The van der Waals surface area contributed by atoms with E-state index in [0.717, 1.165) is 39.3 Å². The van der Waals surface area contributed by atoms with Crippen LogP contribution in [0.25, 0.3) is 24.3 Å². The zero-order chi connectivity index (χ0) is 37.9. The number of nitrogens with zero attached hydrogens (tertiary/aromatic N) is 4. The molecule has 274 valence electrons. The number of aryl methyl sites for hydroxylation is 2. The molecule has 3 aromatic carbocycles. The Hall–Kier alpha value is -4.48. The van der Waals surface area contributed by atoms with Crippen LogP contribution < -0.4 is 18.9 Å². The first kappa shape index (κ1) is 41.9. The fourth-order valence-electron chi connectivity index (χ4n) is 6.23. The first-order chi connectivity index (χ1) is 25.4. The highest BCUT2D eigenvalue weighted by molar-refractivity contribution is 9.08. The molecule has 0 saturated carbocycles. The summed E-state index contributed by atoms with van der Waals surface area (Å²) in [4.78, 5) is 4.74. The van der Waals surface area contributed by atoms with Crippen LogP contribution in [-0.2, 0) is 13.1 Å². The van der Waals surface area contributed by atoms with Gasteiger partial charge in [-0.3, -0.25) is 0 Å². The number of anilines is 2. The second kappa shape index (κ2) is 22.5. The lowest BCUT2D eigenvalue weighted by atomic mass is 10.1. The monoisotopic (exact) mass is 760 g/mol. The van der Waals surface area contributed by atoms with Crippen LogP contribution in [0.4, 0.5) is 11.4 Å². The predicted molar refractivity (Wildman–Crippen MR) is 231 cm³/mol. The van der Waals surface area contributed by atoms with Gasteiger partial charge in [-0.05, 0) is 93.9 Å². The number of halogens is 1. The Morgan fingerprint density at radius 2 is 0.808 bits per heavy atom. The first-order valence-corrected chi connectivity index (χ1v) is 20.5. The number of benzene rings is 3. The molecule has 5 heteroatoms. The van der Waals surface area contributed by atoms with Gasteiger partial charge in [0, 0.05) is 71.9 Å². The quantitative estimate of drug-likeness (QED) is 0.0826. The van der Waals surface area contributed by atoms with Crippen LogP contribution in [0.15, 0.2) is 110 Å². The maximum absolute atomic E-state index is 2.94. The molecule has 5 rings (SSSR count). The van der Waals surface area contributed by atoms with Crippen LogP contribution in [-0.4, -0.2) is 32.0 Å². The predicted octanol–water partition coefficient (Wildman–Crippen LogP) is 11.0. The van der Waals surface area contributed by atoms with E-state index in [0.29, 0.717) is 0 Å². The van der Waals surface area contributed by atoms with Crippen LogP contribution in [0.3, 0.4) is 0 Å². The van der Waals surface area contributed by atoms with Crippen molar-refractivity contribution in [3.8, 4) is 0 Å². The summed E-state index contributed by atoms with van der Waals surface area (Å²) in [5, 5.41) is 0. The molecule has 4 nitrogen and oxygen atoms in total. The maximum atomic E-state index is 2.94. The van der Waals surface area contributed by atoms with Crippen molar-refractivity contribution in [3.05, 3.63) is 154 Å². The van der Waals surface area contributed by atoms with E-state index in [1.54, 1.807) is 0 Å².